The number of rotatable bonds is 6. The second-order valence-electron chi connectivity index (χ2n) is 5.78. The molecule has 3 N–H and O–H groups in total. The Balaban J connectivity index is 0.00000312. The number of benzene rings is 1. The Labute approximate surface area is 157 Å². The van der Waals surface area contributed by atoms with E-state index in [1.807, 2.05) is 6.92 Å². The van der Waals surface area contributed by atoms with Crippen LogP contribution in [-0.4, -0.2) is 48.4 Å². The number of anilines is 1. The van der Waals surface area contributed by atoms with E-state index >= 15 is 0 Å². The Morgan fingerprint density at radius 2 is 1.96 bits per heavy atom. The van der Waals surface area contributed by atoms with Gasteiger partial charge in [0.05, 0.1) is 5.69 Å². The zero-order valence-electron chi connectivity index (χ0n) is 14.1. The number of carbonyl (C=O) groups excluding carboxylic acids is 3. The summed E-state index contributed by atoms with van der Waals surface area (Å²) in [6.45, 7) is 2.22. The molecular formula is C16H22Cl2N4O3. The van der Waals surface area contributed by atoms with Gasteiger partial charge in [0.15, 0.2) is 0 Å². The second-order valence-corrected chi connectivity index (χ2v) is 6.22. The second kappa shape index (κ2) is 9.03. The van der Waals surface area contributed by atoms with Crippen molar-refractivity contribution in [3.63, 3.8) is 0 Å². The van der Waals surface area contributed by atoms with Gasteiger partial charge < -0.3 is 16.0 Å². The highest BCUT2D eigenvalue weighted by Gasteiger charge is 2.39. The fraction of sp³-hybridized carbons (Fsp3) is 0.438. The molecule has 4 amide bonds. The van der Waals surface area contributed by atoms with E-state index in [-0.39, 0.29) is 43.1 Å². The molecule has 25 heavy (non-hydrogen) atoms. The molecule has 2 rings (SSSR count). The Morgan fingerprint density at radius 1 is 1.36 bits per heavy atom. The summed E-state index contributed by atoms with van der Waals surface area (Å²) in [6, 6.07) is 5.14. The maximum atomic E-state index is 12.4. The lowest BCUT2D eigenvalue weighted by molar-refractivity contribution is -0.131. The molecule has 1 aliphatic rings. The van der Waals surface area contributed by atoms with Crippen molar-refractivity contribution in [1.82, 2.24) is 10.2 Å². The summed E-state index contributed by atoms with van der Waals surface area (Å²) in [7, 11) is 1.68. The van der Waals surface area contributed by atoms with E-state index in [1.165, 1.54) is 0 Å². The van der Waals surface area contributed by atoms with Gasteiger partial charge in [0.1, 0.15) is 6.04 Å². The molecule has 0 aliphatic carbocycles. The first kappa shape index (κ1) is 21.2. The molecule has 1 heterocycles. The fourth-order valence-corrected chi connectivity index (χ4v) is 2.54. The zero-order chi connectivity index (χ0) is 17.9. The van der Waals surface area contributed by atoms with Crippen molar-refractivity contribution in [2.45, 2.75) is 31.8 Å². The molecule has 2 unspecified atom stereocenters. The average Bonchev–Trinajstić information content (AvgIpc) is 2.86. The van der Waals surface area contributed by atoms with E-state index in [2.05, 4.69) is 5.32 Å². The van der Waals surface area contributed by atoms with Gasteiger partial charge in [-0.1, -0.05) is 11.6 Å². The van der Waals surface area contributed by atoms with Gasteiger partial charge >= 0.3 is 6.03 Å². The molecule has 1 fully saturated rings. The van der Waals surface area contributed by atoms with Crippen molar-refractivity contribution in [2.24, 2.45) is 5.73 Å². The molecule has 0 spiro atoms. The number of nitrogens with two attached hydrogens (primary N) is 1. The van der Waals surface area contributed by atoms with Crippen LogP contribution in [0.3, 0.4) is 0 Å². The summed E-state index contributed by atoms with van der Waals surface area (Å²) in [6.07, 6.45) is 0.404. The van der Waals surface area contributed by atoms with Crippen LogP contribution in [0.2, 0.25) is 5.02 Å². The molecule has 7 nitrogen and oxygen atoms in total. The first-order valence-corrected chi connectivity index (χ1v) is 8.08. The van der Waals surface area contributed by atoms with E-state index in [0.29, 0.717) is 17.3 Å². The summed E-state index contributed by atoms with van der Waals surface area (Å²) >= 11 is 5.82. The molecule has 138 valence electrons. The van der Waals surface area contributed by atoms with Crippen molar-refractivity contribution in [1.29, 1.82) is 0 Å². The topological polar surface area (TPSA) is 95.7 Å². The Morgan fingerprint density at radius 3 is 2.52 bits per heavy atom. The van der Waals surface area contributed by atoms with E-state index < -0.39 is 12.1 Å². The predicted molar refractivity (Wildman–Crippen MR) is 99.0 cm³/mol. The van der Waals surface area contributed by atoms with Gasteiger partial charge in [0.2, 0.25) is 5.91 Å². The summed E-state index contributed by atoms with van der Waals surface area (Å²) in [4.78, 5) is 39.2. The van der Waals surface area contributed by atoms with Crippen molar-refractivity contribution in [2.75, 3.05) is 18.5 Å². The third-order valence-corrected chi connectivity index (χ3v) is 4.40. The van der Waals surface area contributed by atoms with Crippen LogP contribution in [0.25, 0.3) is 0 Å². The first-order chi connectivity index (χ1) is 11.3. The molecule has 1 aliphatic heterocycles. The smallest absolute Gasteiger partial charge is 0.329 e. The minimum absolute atomic E-state index is 0. The quantitative estimate of drug-likeness (QED) is 0.725. The fourth-order valence-electron chi connectivity index (χ4n) is 2.41. The van der Waals surface area contributed by atoms with Gasteiger partial charge in [-0.3, -0.25) is 9.59 Å². The van der Waals surface area contributed by atoms with Crippen molar-refractivity contribution in [3.05, 3.63) is 29.3 Å². The molecule has 0 aromatic heterocycles. The van der Waals surface area contributed by atoms with Crippen LogP contribution in [0.1, 0.15) is 19.8 Å². The van der Waals surface area contributed by atoms with Gasteiger partial charge in [-0.2, -0.15) is 0 Å². The highest BCUT2D eigenvalue weighted by Crippen LogP contribution is 2.23. The molecule has 1 aromatic rings. The lowest BCUT2D eigenvalue weighted by Crippen LogP contribution is -2.40. The van der Waals surface area contributed by atoms with Crippen molar-refractivity contribution < 1.29 is 14.4 Å². The number of amides is 4. The average molecular weight is 389 g/mol. The Hall–Kier alpha value is -1.83. The number of halogens is 2. The number of hydrogen-bond acceptors (Lipinski definition) is 4. The van der Waals surface area contributed by atoms with Gasteiger partial charge in [0, 0.05) is 31.1 Å². The number of likely N-dealkylation sites (N-methyl/N-ethyl adjacent to an activating group) is 1. The predicted octanol–water partition coefficient (Wildman–Crippen LogP) is 1.77. The number of hydrogen-bond donors (Lipinski definition) is 2. The number of nitrogens with one attached hydrogen (secondary N) is 1. The number of carbonyl (C=O) groups is 3. The normalized spacial score (nSPS) is 17.8. The van der Waals surface area contributed by atoms with Crippen LogP contribution >= 0.6 is 24.0 Å². The monoisotopic (exact) mass is 388 g/mol. The lowest BCUT2D eigenvalue weighted by Gasteiger charge is -2.24. The lowest BCUT2D eigenvalue weighted by atomic mass is 10.1. The van der Waals surface area contributed by atoms with Crippen LogP contribution in [0.4, 0.5) is 10.5 Å². The number of nitrogens with zero attached hydrogens (tertiary/aromatic N) is 2. The van der Waals surface area contributed by atoms with Crippen LogP contribution in [0.5, 0.6) is 0 Å². The van der Waals surface area contributed by atoms with Gasteiger partial charge in [-0.25, -0.2) is 9.69 Å². The van der Waals surface area contributed by atoms with Crippen LogP contribution in [0.15, 0.2) is 24.3 Å². The molecule has 9 heteroatoms. The highest BCUT2D eigenvalue weighted by atomic mass is 35.5. The molecule has 1 saturated heterocycles. The molecule has 0 saturated carbocycles. The summed E-state index contributed by atoms with van der Waals surface area (Å²) in [5.41, 5.74) is 5.99. The highest BCUT2D eigenvalue weighted by molar-refractivity contribution is 6.30. The van der Waals surface area contributed by atoms with Crippen LogP contribution in [0, 0.1) is 0 Å². The Bertz CT molecular complexity index is 639. The number of urea groups is 1. The molecule has 0 bridgehead atoms. The minimum Gasteiger partial charge on any atom is -0.342 e. The largest absolute Gasteiger partial charge is 0.342 e. The van der Waals surface area contributed by atoms with Gasteiger partial charge in [-0.05, 0) is 37.6 Å². The van der Waals surface area contributed by atoms with E-state index in [0.717, 1.165) is 4.90 Å². The van der Waals surface area contributed by atoms with Crippen molar-refractivity contribution in [3.8, 4) is 0 Å². The molecule has 0 radical (unpaired) electrons. The van der Waals surface area contributed by atoms with Gasteiger partial charge in [0.25, 0.3) is 5.91 Å². The third kappa shape index (κ3) is 4.84. The Kier molecular flexibility index (Phi) is 7.66. The third-order valence-electron chi connectivity index (χ3n) is 4.15. The summed E-state index contributed by atoms with van der Waals surface area (Å²) < 4.78 is 0. The van der Waals surface area contributed by atoms with E-state index in [4.69, 9.17) is 17.3 Å². The standard InChI is InChI=1S/C16H21ClN4O3.ClH/c1-10(9-18)20(2)14(22)8-7-13-15(23)21(16(24)19-13)12-5-3-11(17)4-6-12;/h3-6,10,13H,7-9,18H2,1-2H3,(H,19,24);1H. The molecular weight excluding hydrogens is 367 g/mol. The SMILES string of the molecule is CC(CN)N(C)C(=O)CCC1NC(=O)N(c2ccc(Cl)cc2)C1=O.Cl. The zero-order valence-corrected chi connectivity index (χ0v) is 15.6. The summed E-state index contributed by atoms with van der Waals surface area (Å²) in [5.74, 6) is -0.482. The van der Waals surface area contributed by atoms with E-state index in [1.54, 1.807) is 36.2 Å². The maximum absolute atomic E-state index is 12.4. The van der Waals surface area contributed by atoms with Crippen LogP contribution < -0.4 is 16.0 Å². The minimum atomic E-state index is -0.710. The van der Waals surface area contributed by atoms with E-state index in [9.17, 15) is 14.4 Å². The first-order valence-electron chi connectivity index (χ1n) is 7.71. The van der Waals surface area contributed by atoms with Crippen LogP contribution in [-0.2, 0) is 9.59 Å². The van der Waals surface area contributed by atoms with Crippen molar-refractivity contribution >= 4 is 47.5 Å². The molecule has 1 aromatic carbocycles. The summed E-state index contributed by atoms with van der Waals surface area (Å²) in [5, 5.41) is 3.13. The number of imide groups is 1. The molecule has 2 atom stereocenters. The van der Waals surface area contributed by atoms with Gasteiger partial charge in [-0.15, -0.1) is 12.4 Å². The maximum Gasteiger partial charge on any atom is 0.329 e.